The molecule has 0 N–H and O–H groups in total. The predicted octanol–water partition coefficient (Wildman–Crippen LogP) is 15.9. The van der Waals surface area contributed by atoms with Crippen LogP contribution in [0.15, 0.2) is 211 Å². The van der Waals surface area contributed by atoms with Gasteiger partial charge in [0.1, 0.15) is 5.58 Å². The molecule has 12 aromatic rings. The van der Waals surface area contributed by atoms with Gasteiger partial charge in [0.25, 0.3) is 0 Å². The van der Waals surface area contributed by atoms with Gasteiger partial charge in [-0.05, 0) is 77.4 Å². The number of aromatic nitrogens is 1. The van der Waals surface area contributed by atoms with E-state index < -0.39 is 0 Å². The molecule has 4 heteroatoms. The second-order valence-electron chi connectivity index (χ2n) is 14.9. The molecule has 0 atom stereocenters. The van der Waals surface area contributed by atoms with Gasteiger partial charge in [0.2, 0.25) is 0 Å². The van der Waals surface area contributed by atoms with E-state index in [1.807, 2.05) is 11.3 Å². The third-order valence-electron chi connectivity index (χ3n) is 11.6. The monoisotopic (exact) mass is 758 g/mol. The molecular weight excluding hydrogens is 725 g/mol. The van der Waals surface area contributed by atoms with Gasteiger partial charge in [0.05, 0.1) is 27.1 Å². The number of hydrogen-bond donors (Lipinski definition) is 0. The third-order valence-corrected chi connectivity index (χ3v) is 12.8. The number of furan rings is 1. The van der Waals surface area contributed by atoms with Crippen LogP contribution in [0.3, 0.4) is 0 Å². The predicted molar refractivity (Wildman–Crippen MR) is 247 cm³/mol. The van der Waals surface area contributed by atoms with Crippen LogP contribution < -0.4 is 4.90 Å². The molecule has 0 bridgehead atoms. The van der Waals surface area contributed by atoms with Gasteiger partial charge < -0.3 is 13.9 Å². The summed E-state index contributed by atoms with van der Waals surface area (Å²) >= 11 is 1.85. The molecule has 9 aromatic carbocycles. The van der Waals surface area contributed by atoms with Gasteiger partial charge in [-0.2, -0.15) is 0 Å². The van der Waals surface area contributed by atoms with E-state index in [2.05, 4.69) is 216 Å². The number of fused-ring (bicyclic) bond motifs is 9. The van der Waals surface area contributed by atoms with Crippen LogP contribution >= 0.6 is 11.3 Å². The number of para-hydroxylation sites is 4. The third kappa shape index (κ3) is 5.05. The van der Waals surface area contributed by atoms with E-state index in [0.717, 1.165) is 55.8 Å². The Labute approximate surface area is 338 Å². The Morgan fingerprint density at radius 3 is 1.93 bits per heavy atom. The highest BCUT2D eigenvalue weighted by molar-refractivity contribution is 7.26. The summed E-state index contributed by atoms with van der Waals surface area (Å²) in [7, 11) is 0. The Balaban J connectivity index is 1.19. The van der Waals surface area contributed by atoms with Gasteiger partial charge in [-0.25, -0.2) is 0 Å². The molecule has 0 unspecified atom stereocenters. The first-order chi connectivity index (χ1) is 28.8. The van der Waals surface area contributed by atoms with Crippen LogP contribution in [0.25, 0.3) is 91.9 Å². The Hall–Kier alpha value is -7.40. The molecule has 0 aliphatic carbocycles. The van der Waals surface area contributed by atoms with Crippen molar-refractivity contribution < 1.29 is 4.42 Å². The van der Waals surface area contributed by atoms with Crippen molar-refractivity contribution in [3.8, 4) is 27.9 Å². The second-order valence-corrected chi connectivity index (χ2v) is 15.9. The van der Waals surface area contributed by atoms with Gasteiger partial charge in [0, 0.05) is 54.0 Å². The summed E-state index contributed by atoms with van der Waals surface area (Å²) in [5.74, 6) is 0. The van der Waals surface area contributed by atoms with Crippen molar-refractivity contribution in [1.29, 1.82) is 0 Å². The van der Waals surface area contributed by atoms with E-state index in [-0.39, 0.29) is 0 Å². The van der Waals surface area contributed by atoms with Crippen LogP contribution in [0.2, 0.25) is 0 Å². The van der Waals surface area contributed by atoms with Crippen LogP contribution in [-0.2, 0) is 0 Å². The highest BCUT2D eigenvalue weighted by atomic mass is 32.1. The minimum absolute atomic E-state index is 0.853. The van der Waals surface area contributed by atoms with Crippen molar-refractivity contribution >= 4 is 92.3 Å². The standard InChI is InChI=1S/C54H34N2OS/c1-3-15-35(16-4-1)36-29-31-39(32-30-36)55(48-26-14-24-45-43-21-9-12-28-51(43)58-54(45)48)49-34-37(33-46-42-20-8-11-27-50(42)57-53(46)49)40-22-13-23-44-41-19-7-10-25-47(41)56(52(40)44)38-17-5-2-6-18-38/h1-34H. The summed E-state index contributed by atoms with van der Waals surface area (Å²) in [6.45, 7) is 0. The summed E-state index contributed by atoms with van der Waals surface area (Å²) in [5, 5.41) is 7.14. The van der Waals surface area contributed by atoms with Gasteiger partial charge in [-0.3, -0.25) is 0 Å². The summed E-state index contributed by atoms with van der Waals surface area (Å²) in [6.07, 6.45) is 0. The van der Waals surface area contributed by atoms with Crippen molar-refractivity contribution in [2.75, 3.05) is 4.90 Å². The molecule has 0 aliphatic heterocycles. The number of anilines is 3. The van der Waals surface area contributed by atoms with E-state index in [9.17, 15) is 0 Å². The Kier molecular flexibility index (Phi) is 7.40. The summed E-state index contributed by atoms with van der Waals surface area (Å²) in [6, 6.07) is 74.4. The zero-order valence-electron chi connectivity index (χ0n) is 31.3. The van der Waals surface area contributed by atoms with Crippen molar-refractivity contribution in [2.24, 2.45) is 0 Å². The minimum Gasteiger partial charge on any atom is -0.454 e. The molecule has 0 saturated carbocycles. The molecule has 272 valence electrons. The molecule has 0 fully saturated rings. The molecule has 3 heterocycles. The van der Waals surface area contributed by atoms with E-state index in [1.165, 1.54) is 53.1 Å². The van der Waals surface area contributed by atoms with E-state index in [4.69, 9.17) is 4.42 Å². The number of hydrogen-bond acceptors (Lipinski definition) is 3. The highest BCUT2D eigenvalue weighted by Crippen LogP contribution is 2.50. The maximum atomic E-state index is 6.95. The molecule has 3 nitrogen and oxygen atoms in total. The molecular formula is C54H34N2OS. The van der Waals surface area contributed by atoms with E-state index >= 15 is 0 Å². The number of nitrogens with zero attached hydrogens (tertiary/aromatic N) is 2. The normalized spacial score (nSPS) is 11.8. The molecule has 0 aliphatic rings. The fourth-order valence-electron chi connectivity index (χ4n) is 8.98. The Bertz CT molecular complexity index is 3500. The highest BCUT2D eigenvalue weighted by Gasteiger charge is 2.25. The summed E-state index contributed by atoms with van der Waals surface area (Å²) in [4.78, 5) is 2.42. The van der Waals surface area contributed by atoms with E-state index in [0.29, 0.717) is 0 Å². The average molecular weight is 759 g/mol. The number of benzene rings is 9. The lowest BCUT2D eigenvalue weighted by Crippen LogP contribution is -2.10. The van der Waals surface area contributed by atoms with Crippen LogP contribution in [0.5, 0.6) is 0 Å². The molecule has 0 radical (unpaired) electrons. The van der Waals surface area contributed by atoms with Gasteiger partial charge in [-0.15, -0.1) is 11.3 Å². The topological polar surface area (TPSA) is 21.3 Å². The fraction of sp³-hybridized carbons (Fsp3) is 0. The first kappa shape index (κ1) is 32.8. The largest absolute Gasteiger partial charge is 0.454 e. The smallest absolute Gasteiger partial charge is 0.159 e. The lowest BCUT2D eigenvalue weighted by molar-refractivity contribution is 0.669. The maximum Gasteiger partial charge on any atom is 0.159 e. The lowest BCUT2D eigenvalue weighted by atomic mass is 9.98. The maximum absolute atomic E-state index is 6.95. The van der Waals surface area contributed by atoms with Crippen LogP contribution in [0.1, 0.15) is 0 Å². The van der Waals surface area contributed by atoms with Crippen molar-refractivity contribution in [3.05, 3.63) is 206 Å². The quantitative estimate of drug-likeness (QED) is 0.168. The molecule has 12 rings (SSSR count). The van der Waals surface area contributed by atoms with E-state index in [1.54, 1.807) is 0 Å². The molecule has 0 saturated heterocycles. The van der Waals surface area contributed by atoms with Crippen LogP contribution in [0, 0.1) is 0 Å². The summed E-state index contributed by atoms with van der Waals surface area (Å²) < 4.78 is 11.9. The van der Waals surface area contributed by atoms with Crippen molar-refractivity contribution in [1.82, 2.24) is 4.57 Å². The van der Waals surface area contributed by atoms with Gasteiger partial charge in [0.15, 0.2) is 5.58 Å². The molecule has 58 heavy (non-hydrogen) atoms. The molecule has 3 aromatic heterocycles. The molecule has 0 amide bonds. The zero-order chi connectivity index (χ0) is 38.2. The molecule has 0 spiro atoms. The SMILES string of the molecule is c1ccc(-c2ccc(N(c3cc(-c4cccc5c6ccccc6n(-c6ccccc6)c45)cc4c3oc3ccccc34)c3cccc4c3sc3ccccc34)cc2)cc1. The first-order valence-electron chi connectivity index (χ1n) is 19.7. The fourth-order valence-corrected chi connectivity index (χ4v) is 10.2. The Morgan fingerprint density at radius 2 is 1.09 bits per heavy atom. The Morgan fingerprint density at radius 1 is 0.431 bits per heavy atom. The first-order valence-corrected chi connectivity index (χ1v) is 20.5. The van der Waals surface area contributed by atoms with Gasteiger partial charge >= 0.3 is 0 Å². The zero-order valence-corrected chi connectivity index (χ0v) is 32.2. The van der Waals surface area contributed by atoms with Crippen molar-refractivity contribution in [3.63, 3.8) is 0 Å². The number of thiophene rings is 1. The average Bonchev–Trinajstić information content (AvgIpc) is 3.98. The second kappa shape index (κ2) is 13.1. The van der Waals surface area contributed by atoms with Gasteiger partial charge in [-0.1, -0.05) is 146 Å². The lowest BCUT2D eigenvalue weighted by Gasteiger charge is -2.27. The van der Waals surface area contributed by atoms with Crippen LogP contribution in [0.4, 0.5) is 17.1 Å². The number of rotatable bonds is 6. The summed E-state index contributed by atoms with van der Waals surface area (Å²) in [5.41, 5.74) is 13.0. The van der Waals surface area contributed by atoms with Crippen LogP contribution in [-0.4, -0.2) is 4.57 Å². The minimum atomic E-state index is 0.853. The van der Waals surface area contributed by atoms with Crippen molar-refractivity contribution in [2.45, 2.75) is 0 Å².